The second-order valence-corrected chi connectivity index (χ2v) is 14.4. The van der Waals surface area contributed by atoms with Gasteiger partial charge in [0.15, 0.2) is 0 Å². The molecule has 0 spiro atoms. The van der Waals surface area contributed by atoms with Crippen LogP contribution in [-0.2, 0) is 48.2 Å². The van der Waals surface area contributed by atoms with Crippen molar-refractivity contribution in [1.29, 1.82) is 0 Å². The number of carbonyl (C=O) groups excluding carboxylic acids is 4. The van der Waals surface area contributed by atoms with Crippen molar-refractivity contribution in [3.63, 3.8) is 0 Å². The third kappa shape index (κ3) is 10.8. The quantitative estimate of drug-likeness (QED) is 0.196. The summed E-state index contributed by atoms with van der Waals surface area (Å²) in [4.78, 5) is 54.8. The highest BCUT2D eigenvalue weighted by Gasteiger charge is 2.50. The summed E-state index contributed by atoms with van der Waals surface area (Å²) in [5.41, 5.74) is 1.42. The number of ether oxygens (including phenoxy) is 4. The molecule has 2 saturated heterocycles. The molecule has 3 atom stereocenters. The molecule has 0 bridgehead atoms. The average molecular weight is 715 g/mol. The third-order valence-electron chi connectivity index (χ3n) is 9.06. The number of alkyl carbamates (subject to hydrolysis) is 1. The van der Waals surface area contributed by atoms with Crippen LogP contribution in [0.3, 0.4) is 0 Å². The summed E-state index contributed by atoms with van der Waals surface area (Å²) < 4.78 is 22.5. The number of likely N-dealkylation sites (tertiary alicyclic amines) is 1. The summed E-state index contributed by atoms with van der Waals surface area (Å²) in [5, 5.41) is 8.49. The Morgan fingerprint density at radius 3 is 2.10 bits per heavy atom. The molecule has 12 heteroatoms. The van der Waals surface area contributed by atoms with Crippen LogP contribution in [0.25, 0.3) is 0 Å². The molecule has 2 fully saturated rings. The number of nitrogens with zero attached hydrogens (tertiary/aromatic N) is 1. The molecule has 0 aliphatic carbocycles. The van der Waals surface area contributed by atoms with Gasteiger partial charge in [-0.1, -0.05) is 72.8 Å². The maximum Gasteiger partial charge on any atom is 0.408 e. The average Bonchev–Trinajstić information content (AvgIpc) is 3.60. The maximum absolute atomic E-state index is 14.0. The lowest BCUT2D eigenvalue weighted by Crippen LogP contribution is -2.70. The lowest BCUT2D eigenvalue weighted by molar-refractivity contribution is -0.158. The largest absolute Gasteiger partial charge is 0.489 e. The molecule has 52 heavy (non-hydrogen) atoms. The fourth-order valence-corrected chi connectivity index (χ4v) is 6.26. The van der Waals surface area contributed by atoms with Gasteiger partial charge in [0.1, 0.15) is 36.6 Å². The first kappa shape index (κ1) is 38.3. The second kappa shape index (κ2) is 17.5. The number of amides is 3. The Morgan fingerprint density at radius 2 is 1.50 bits per heavy atom. The molecule has 278 valence electrons. The molecule has 12 nitrogen and oxygen atoms in total. The molecule has 0 unspecified atom stereocenters. The van der Waals surface area contributed by atoms with Gasteiger partial charge in [-0.05, 0) is 75.9 Å². The van der Waals surface area contributed by atoms with Crippen LogP contribution >= 0.6 is 0 Å². The van der Waals surface area contributed by atoms with Gasteiger partial charge in [-0.3, -0.25) is 14.5 Å². The lowest BCUT2D eigenvalue weighted by atomic mass is 9.93. The van der Waals surface area contributed by atoms with Crippen LogP contribution in [0, 0.1) is 0 Å². The predicted molar refractivity (Wildman–Crippen MR) is 194 cm³/mol. The Bertz CT molecular complexity index is 1640. The van der Waals surface area contributed by atoms with E-state index in [2.05, 4.69) is 20.9 Å². The molecule has 2 heterocycles. The fourth-order valence-electron chi connectivity index (χ4n) is 6.26. The Hall–Kier alpha value is -4.94. The van der Waals surface area contributed by atoms with Crippen molar-refractivity contribution in [1.82, 2.24) is 20.9 Å². The van der Waals surface area contributed by atoms with E-state index in [-0.39, 0.29) is 31.4 Å². The van der Waals surface area contributed by atoms with Crippen LogP contribution in [0.2, 0.25) is 0 Å². The molecular weight excluding hydrogens is 664 g/mol. The van der Waals surface area contributed by atoms with Crippen LogP contribution in [0.15, 0.2) is 84.9 Å². The summed E-state index contributed by atoms with van der Waals surface area (Å²) in [6.45, 7) is 8.82. The monoisotopic (exact) mass is 714 g/mol. The highest BCUT2D eigenvalue weighted by Crippen LogP contribution is 2.33. The van der Waals surface area contributed by atoms with Crippen LogP contribution in [-0.4, -0.2) is 84.3 Å². The number of nitrogens with one attached hydrogen (secondary N) is 3. The zero-order chi connectivity index (χ0) is 37.1. The molecule has 3 amide bonds. The van der Waals surface area contributed by atoms with E-state index in [0.717, 1.165) is 23.1 Å². The maximum atomic E-state index is 14.0. The van der Waals surface area contributed by atoms with Gasteiger partial charge in [0.05, 0.1) is 24.8 Å². The van der Waals surface area contributed by atoms with Crippen molar-refractivity contribution in [2.75, 3.05) is 26.3 Å². The van der Waals surface area contributed by atoms with Crippen molar-refractivity contribution >= 4 is 23.9 Å². The number of hydrogen-bond acceptors (Lipinski definition) is 9. The van der Waals surface area contributed by atoms with Crippen molar-refractivity contribution < 1.29 is 38.1 Å². The van der Waals surface area contributed by atoms with Gasteiger partial charge in [-0.25, -0.2) is 9.59 Å². The van der Waals surface area contributed by atoms with E-state index in [1.54, 1.807) is 27.7 Å². The van der Waals surface area contributed by atoms with E-state index in [9.17, 15) is 19.2 Å². The van der Waals surface area contributed by atoms with Gasteiger partial charge in [0, 0.05) is 13.0 Å². The van der Waals surface area contributed by atoms with E-state index in [1.165, 1.54) is 0 Å². The number of hydrogen-bond donors (Lipinski definition) is 3. The van der Waals surface area contributed by atoms with Crippen LogP contribution in [0.4, 0.5) is 4.79 Å². The molecule has 3 aromatic carbocycles. The first-order valence-corrected chi connectivity index (χ1v) is 17.8. The van der Waals surface area contributed by atoms with Crippen molar-refractivity contribution in [3.05, 3.63) is 102 Å². The van der Waals surface area contributed by atoms with Crippen molar-refractivity contribution in [2.45, 2.75) is 89.4 Å². The van der Waals surface area contributed by atoms with E-state index < -0.39 is 41.3 Å². The van der Waals surface area contributed by atoms with Gasteiger partial charge < -0.3 is 34.9 Å². The van der Waals surface area contributed by atoms with Gasteiger partial charge >= 0.3 is 12.1 Å². The van der Waals surface area contributed by atoms with Gasteiger partial charge in [-0.2, -0.15) is 0 Å². The van der Waals surface area contributed by atoms with Crippen LogP contribution in [0.5, 0.6) is 5.75 Å². The van der Waals surface area contributed by atoms with Gasteiger partial charge in [0.25, 0.3) is 0 Å². The standard InChI is InChI=1S/C40H50N4O8/c1-28(42-38(48)52-39(2,3)4)35(45)41-25-40(26-49-27-40)44-21-11-16-34(44)36(46)43-33(37(47)51-24-31-14-9-6-10-15-31)22-29-17-19-32(20-18-29)50-23-30-12-7-5-8-13-30/h5-10,12-15,17-20,28,33-34H,11,16,21-27H2,1-4H3,(H,41,45)(H,42,48)(H,43,46)/t28-,33-,34-/m0/s1. The van der Waals surface area contributed by atoms with E-state index >= 15 is 0 Å². The molecule has 0 aromatic heterocycles. The Balaban J connectivity index is 1.23. The van der Waals surface area contributed by atoms with E-state index in [4.69, 9.17) is 18.9 Å². The highest BCUT2D eigenvalue weighted by atomic mass is 16.6. The van der Waals surface area contributed by atoms with Gasteiger partial charge in [-0.15, -0.1) is 0 Å². The van der Waals surface area contributed by atoms with Crippen molar-refractivity contribution in [3.8, 4) is 5.75 Å². The van der Waals surface area contributed by atoms with Crippen LogP contribution < -0.4 is 20.7 Å². The molecule has 0 radical (unpaired) electrons. The van der Waals surface area contributed by atoms with Crippen molar-refractivity contribution in [2.24, 2.45) is 0 Å². The minimum atomic E-state index is -0.942. The van der Waals surface area contributed by atoms with Crippen LogP contribution in [0.1, 0.15) is 57.2 Å². The topological polar surface area (TPSA) is 145 Å². The molecule has 5 rings (SSSR count). The molecule has 2 aliphatic rings. The number of esters is 1. The SMILES string of the molecule is C[C@H](NC(=O)OC(C)(C)C)C(=O)NCC1(N2CCC[C@H]2C(=O)N[C@@H](Cc2ccc(OCc3ccccc3)cc2)C(=O)OCc2ccccc2)COC1. The number of benzene rings is 3. The Kier molecular flexibility index (Phi) is 12.9. The van der Waals surface area contributed by atoms with Gasteiger partial charge in [0.2, 0.25) is 11.8 Å². The molecule has 3 N–H and O–H groups in total. The lowest BCUT2D eigenvalue weighted by Gasteiger charge is -2.50. The fraction of sp³-hybridized carbons (Fsp3) is 0.450. The highest BCUT2D eigenvalue weighted by molar-refractivity contribution is 5.88. The molecule has 0 saturated carbocycles. The van der Waals surface area contributed by atoms with E-state index in [1.807, 2.05) is 84.9 Å². The minimum Gasteiger partial charge on any atom is -0.489 e. The zero-order valence-corrected chi connectivity index (χ0v) is 30.4. The number of carbonyl (C=O) groups is 4. The third-order valence-corrected chi connectivity index (χ3v) is 9.06. The number of rotatable bonds is 15. The molecule has 2 aliphatic heterocycles. The predicted octanol–water partition coefficient (Wildman–Crippen LogP) is 4.30. The minimum absolute atomic E-state index is 0.0786. The van der Waals surface area contributed by atoms with E-state index in [0.29, 0.717) is 38.5 Å². The summed E-state index contributed by atoms with van der Waals surface area (Å²) in [7, 11) is 0. The summed E-state index contributed by atoms with van der Waals surface area (Å²) >= 11 is 0. The second-order valence-electron chi connectivity index (χ2n) is 14.4. The summed E-state index contributed by atoms with van der Waals surface area (Å²) in [6.07, 6.45) is 0.880. The zero-order valence-electron chi connectivity index (χ0n) is 30.4. The normalized spacial score (nSPS) is 17.9. The smallest absolute Gasteiger partial charge is 0.408 e. The first-order valence-electron chi connectivity index (χ1n) is 17.8. The Morgan fingerprint density at radius 1 is 0.865 bits per heavy atom. The Labute approximate surface area is 305 Å². The summed E-state index contributed by atoms with van der Waals surface area (Å²) in [5.74, 6) is -0.516. The molecular formula is C40H50N4O8. The summed E-state index contributed by atoms with van der Waals surface area (Å²) in [6, 6.07) is 24.4. The first-order chi connectivity index (χ1) is 24.9. The molecule has 3 aromatic rings.